The average molecular weight is 218 g/mol. The molecule has 1 fully saturated rings. The van der Waals surface area contributed by atoms with Gasteiger partial charge in [0.1, 0.15) is 0 Å². The molecule has 3 heteroatoms. The van der Waals surface area contributed by atoms with Crippen LogP contribution in [-0.4, -0.2) is 18.4 Å². The SMILES string of the molecule is CCOC(=O)[C@@H]1C[C@H]1C(=O)c1ccccc1. The van der Waals surface area contributed by atoms with E-state index in [2.05, 4.69) is 0 Å². The van der Waals surface area contributed by atoms with Gasteiger partial charge in [0.05, 0.1) is 12.5 Å². The van der Waals surface area contributed by atoms with E-state index < -0.39 is 0 Å². The molecular formula is C13H14O3. The summed E-state index contributed by atoms with van der Waals surface area (Å²) in [6, 6.07) is 9.09. The molecule has 0 aliphatic heterocycles. The lowest BCUT2D eigenvalue weighted by molar-refractivity contribution is -0.144. The fourth-order valence-corrected chi connectivity index (χ4v) is 1.81. The molecule has 0 bridgehead atoms. The zero-order chi connectivity index (χ0) is 11.5. The molecule has 1 aromatic rings. The number of rotatable bonds is 4. The normalized spacial score (nSPS) is 22.6. The summed E-state index contributed by atoms with van der Waals surface area (Å²) in [5, 5.41) is 0. The number of benzene rings is 1. The fraction of sp³-hybridized carbons (Fsp3) is 0.385. The van der Waals surface area contributed by atoms with Gasteiger partial charge in [-0.15, -0.1) is 0 Å². The summed E-state index contributed by atoms with van der Waals surface area (Å²) in [5.74, 6) is -0.565. The van der Waals surface area contributed by atoms with Crippen LogP contribution in [0.15, 0.2) is 30.3 Å². The molecule has 1 aromatic carbocycles. The number of hydrogen-bond donors (Lipinski definition) is 0. The Hall–Kier alpha value is -1.64. The van der Waals surface area contributed by atoms with E-state index in [-0.39, 0.29) is 23.6 Å². The zero-order valence-electron chi connectivity index (χ0n) is 9.18. The molecule has 84 valence electrons. The summed E-state index contributed by atoms with van der Waals surface area (Å²) in [4.78, 5) is 23.3. The van der Waals surface area contributed by atoms with Crippen LogP contribution >= 0.6 is 0 Å². The highest BCUT2D eigenvalue weighted by Gasteiger charge is 2.48. The molecular weight excluding hydrogens is 204 g/mol. The Kier molecular flexibility index (Phi) is 3.04. The second-order valence-electron chi connectivity index (χ2n) is 3.93. The highest BCUT2D eigenvalue weighted by atomic mass is 16.5. The Morgan fingerprint density at radius 3 is 2.56 bits per heavy atom. The van der Waals surface area contributed by atoms with Gasteiger partial charge in [-0.25, -0.2) is 0 Å². The van der Waals surface area contributed by atoms with Crippen LogP contribution in [0.2, 0.25) is 0 Å². The van der Waals surface area contributed by atoms with Crippen LogP contribution in [0.5, 0.6) is 0 Å². The summed E-state index contributed by atoms with van der Waals surface area (Å²) >= 11 is 0. The van der Waals surface area contributed by atoms with Gasteiger partial charge in [-0.1, -0.05) is 30.3 Å². The topological polar surface area (TPSA) is 43.4 Å². The zero-order valence-corrected chi connectivity index (χ0v) is 9.18. The van der Waals surface area contributed by atoms with E-state index in [1.807, 2.05) is 18.2 Å². The van der Waals surface area contributed by atoms with Crippen molar-refractivity contribution in [2.24, 2.45) is 11.8 Å². The first-order valence-corrected chi connectivity index (χ1v) is 5.50. The summed E-state index contributed by atoms with van der Waals surface area (Å²) in [5.41, 5.74) is 0.680. The first-order chi connectivity index (χ1) is 7.74. The van der Waals surface area contributed by atoms with Gasteiger partial charge in [-0.3, -0.25) is 9.59 Å². The lowest BCUT2D eigenvalue weighted by Gasteiger charge is -2.00. The van der Waals surface area contributed by atoms with E-state index in [1.54, 1.807) is 19.1 Å². The third-order valence-corrected chi connectivity index (χ3v) is 2.77. The molecule has 1 aliphatic rings. The summed E-state index contributed by atoms with van der Waals surface area (Å²) < 4.78 is 4.89. The molecule has 16 heavy (non-hydrogen) atoms. The molecule has 1 saturated carbocycles. The Morgan fingerprint density at radius 1 is 1.25 bits per heavy atom. The summed E-state index contributed by atoms with van der Waals surface area (Å²) in [6.45, 7) is 2.15. The van der Waals surface area contributed by atoms with E-state index in [4.69, 9.17) is 4.74 Å². The Balaban J connectivity index is 1.97. The summed E-state index contributed by atoms with van der Waals surface area (Å²) in [7, 11) is 0. The van der Waals surface area contributed by atoms with Gasteiger partial charge in [-0.05, 0) is 13.3 Å². The maximum absolute atomic E-state index is 11.9. The van der Waals surface area contributed by atoms with Crippen LogP contribution in [0.1, 0.15) is 23.7 Å². The minimum absolute atomic E-state index is 0.0543. The molecule has 0 heterocycles. The van der Waals surface area contributed by atoms with Crippen molar-refractivity contribution in [1.82, 2.24) is 0 Å². The molecule has 0 amide bonds. The maximum atomic E-state index is 11.9. The number of ether oxygens (including phenoxy) is 1. The van der Waals surface area contributed by atoms with E-state index in [0.717, 1.165) is 0 Å². The molecule has 0 saturated heterocycles. The van der Waals surface area contributed by atoms with Crippen LogP contribution in [-0.2, 0) is 9.53 Å². The van der Waals surface area contributed by atoms with Gasteiger partial charge in [0, 0.05) is 11.5 Å². The first kappa shape index (κ1) is 10.9. The number of hydrogen-bond acceptors (Lipinski definition) is 3. The minimum atomic E-state index is -0.239. The van der Waals surface area contributed by atoms with Crippen LogP contribution < -0.4 is 0 Å². The van der Waals surface area contributed by atoms with Gasteiger partial charge in [0.2, 0.25) is 0 Å². The van der Waals surface area contributed by atoms with E-state index in [9.17, 15) is 9.59 Å². The quantitative estimate of drug-likeness (QED) is 0.574. The first-order valence-electron chi connectivity index (χ1n) is 5.50. The third-order valence-electron chi connectivity index (χ3n) is 2.77. The molecule has 1 aliphatic carbocycles. The van der Waals surface area contributed by atoms with Crippen LogP contribution in [0.25, 0.3) is 0 Å². The van der Waals surface area contributed by atoms with Crippen molar-refractivity contribution in [1.29, 1.82) is 0 Å². The number of carbonyl (C=O) groups is 2. The van der Waals surface area contributed by atoms with Gasteiger partial charge in [0.25, 0.3) is 0 Å². The molecule has 0 aromatic heterocycles. The van der Waals surface area contributed by atoms with Crippen molar-refractivity contribution in [3.05, 3.63) is 35.9 Å². The van der Waals surface area contributed by atoms with Crippen molar-refractivity contribution >= 4 is 11.8 Å². The van der Waals surface area contributed by atoms with E-state index in [1.165, 1.54) is 0 Å². The number of carbonyl (C=O) groups excluding carboxylic acids is 2. The van der Waals surface area contributed by atoms with Gasteiger partial charge in [-0.2, -0.15) is 0 Å². The highest BCUT2D eigenvalue weighted by Crippen LogP contribution is 2.41. The molecule has 2 rings (SSSR count). The highest BCUT2D eigenvalue weighted by molar-refractivity contribution is 6.02. The standard InChI is InChI=1S/C13H14O3/c1-2-16-13(15)11-8-10(11)12(14)9-6-4-3-5-7-9/h3-7,10-11H,2,8H2,1H3/t10-,11-/m1/s1. The Morgan fingerprint density at radius 2 is 1.94 bits per heavy atom. The number of ketones is 1. The average Bonchev–Trinajstić information content (AvgIpc) is 3.09. The molecule has 3 nitrogen and oxygen atoms in total. The van der Waals surface area contributed by atoms with Crippen LogP contribution in [0.4, 0.5) is 0 Å². The van der Waals surface area contributed by atoms with Gasteiger partial charge >= 0.3 is 5.97 Å². The van der Waals surface area contributed by atoms with Crippen molar-refractivity contribution in [3.63, 3.8) is 0 Å². The second kappa shape index (κ2) is 4.47. The fourth-order valence-electron chi connectivity index (χ4n) is 1.81. The molecule has 2 atom stereocenters. The summed E-state index contributed by atoms with van der Waals surface area (Å²) in [6.07, 6.45) is 0.632. The predicted octanol–water partition coefficient (Wildman–Crippen LogP) is 2.07. The van der Waals surface area contributed by atoms with Crippen LogP contribution in [0.3, 0.4) is 0 Å². The molecule has 0 radical (unpaired) electrons. The Bertz CT molecular complexity index is 397. The lowest BCUT2D eigenvalue weighted by Crippen LogP contribution is -2.11. The lowest BCUT2D eigenvalue weighted by atomic mass is 10.1. The Labute approximate surface area is 94.4 Å². The largest absolute Gasteiger partial charge is 0.466 e. The number of esters is 1. The van der Waals surface area contributed by atoms with Gasteiger partial charge in [0.15, 0.2) is 5.78 Å². The number of Topliss-reactive ketones (excluding diaryl/α,β-unsaturated/α-hetero) is 1. The molecule has 0 N–H and O–H groups in total. The van der Waals surface area contributed by atoms with Crippen molar-refractivity contribution in [2.75, 3.05) is 6.61 Å². The van der Waals surface area contributed by atoms with Crippen LogP contribution in [0, 0.1) is 11.8 Å². The second-order valence-corrected chi connectivity index (χ2v) is 3.93. The maximum Gasteiger partial charge on any atom is 0.309 e. The molecule has 0 spiro atoms. The molecule has 0 unspecified atom stereocenters. The monoisotopic (exact) mass is 218 g/mol. The van der Waals surface area contributed by atoms with Gasteiger partial charge < -0.3 is 4.74 Å². The van der Waals surface area contributed by atoms with E-state index in [0.29, 0.717) is 18.6 Å². The van der Waals surface area contributed by atoms with Crippen molar-refractivity contribution in [3.8, 4) is 0 Å². The van der Waals surface area contributed by atoms with Crippen molar-refractivity contribution in [2.45, 2.75) is 13.3 Å². The predicted molar refractivity (Wildman–Crippen MR) is 59.0 cm³/mol. The van der Waals surface area contributed by atoms with E-state index >= 15 is 0 Å². The smallest absolute Gasteiger partial charge is 0.309 e. The van der Waals surface area contributed by atoms with Crippen molar-refractivity contribution < 1.29 is 14.3 Å². The minimum Gasteiger partial charge on any atom is -0.466 e. The third kappa shape index (κ3) is 2.13.